The van der Waals surface area contributed by atoms with E-state index in [0.29, 0.717) is 5.75 Å². The summed E-state index contributed by atoms with van der Waals surface area (Å²) in [6.07, 6.45) is 2.79. The van der Waals surface area contributed by atoms with Gasteiger partial charge in [0.25, 0.3) is 0 Å². The zero-order chi connectivity index (χ0) is 18.9. The van der Waals surface area contributed by atoms with Crippen LogP contribution in [0.3, 0.4) is 0 Å². The van der Waals surface area contributed by atoms with Crippen LogP contribution in [0.1, 0.15) is 48.9 Å². The van der Waals surface area contributed by atoms with Gasteiger partial charge in [0.05, 0.1) is 0 Å². The van der Waals surface area contributed by atoms with Gasteiger partial charge in [0.2, 0.25) is 0 Å². The van der Waals surface area contributed by atoms with E-state index in [2.05, 4.69) is 48.3 Å². The van der Waals surface area contributed by atoms with E-state index < -0.39 is 0 Å². The van der Waals surface area contributed by atoms with E-state index in [0.717, 1.165) is 50.2 Å². The van der Waals surface area contributed by atoms with Crippen molar-refractivity contribution in [2.24, 2.45) is 4.99 Å². The smallest absolute Gasteiger partial charge is 0.124 e. The minimum absolute atomic E-state index is 0.214. The second kappa shape index (κ2) is 7.45. The molecule has 4 nitrogen and oxygen atoms in total. The van der Waals surface area contributed by atoms with Gasteiger partial charge < -0.3 is 10.0 Å². The van der Waals surface area contributed by atoms with Crippen LogP contribution in [0.2, 0.25) is 0 Å². The third-order valence-electron chi connectivity index (χ3n) is 6.01. The topological polar surface area (TPSA) is 47.9 Å². The molecule has 2 heterocycles. The molecule has 1 saturated heterocycles. The SMILES string of the molecule is CCN1CCC2(CC1)N=C(c1ccccc1O)CC(c1ccc(C)cc1)N2. The summed E-state index contributed by atoms with van der Waals surface area (Å²) in [5.74, 6) is 0.321. The van der Waals surface area contributed by atoms with E-state index in [1.54, 1.807) is 6.07 Å². The van der Waals surface area contributed by atoms with Crippen LogP contribution >= 0.6 is 0 Å². The second-order valence-corrected chi connectivity index (χ2v) is 7.85. The van der Waals surface area contributed by atoms with Gasteiger partial charge in [-0.2, -0.15) is 0 Å². The third-order valence-corrected chi connectivity index (χ3v) is 6.01. The molecular formula is C23H29N3O. The van der Waals surface area contributed by atoms with E-state index in [-0.39, 0.29) is 11.7 Å². The first-order chi connectivity index (χ1) is 13.1. The first-order valence-corrected chi connectivity index (χ1v) is 10.0. The highest BCUT2D eigenvalue weighted by Gasteiger charge is 2.40. The van der Waals surface area contributed by atoms with Gasteiger partial charge in [0.15, 0.2) is 0 Å². The molecule has 4 rings (SSSR count). The van der Waals surface area contributed by atoms with Crippen molar-refractivity contribution in [2.75, 3.05) is 19.6 Å². The van der Waals surface area contributed by atoms with Crippen molar-refractivity contribution in [3.8, 4) is 5.75 Å². The summed E-state index contributed by atoms with van der Waals surface area (Å²) in [5.41, 5.74) is 4.21. The fourth-order valence-corrected chi connectivity index (χ4v) is 4.29. The van der Waals surface area contributed by atoms with Gasteiger partial charge in [-0.3, -0.25) is 10.3 Å². The Morgan fingerprint density at radius 2 is 1.81 bits per heavy atom. The largest absolute Gasteiger partial charge is 0.507 e. The Kier molecular flexibility index (Phi) is 5.02. The van der Waals surface area contributed by atoms with Gasteiger partial charge in [-0.1, -0.05) is 48.9 Å². The number of rotatable bonds is 3. The number of aliphatic imine (C=N–C) groups is 1. The molecule has 0 bridgehead atoms. The fraction of sp³-hybridized carbons (Fsp3) is 0.435. The molecule has 2 aromatic rings. The number of aryl methyl sites for hydroxylation is 1. The molecule has 0 radical (unpaired) electrons. The monoisotopic (exact) mass is 363 g/mol. The van der Waals surface area contributed by atoms with E-state index in [9.17, 15) is 5.11 Å². The number of phenols is 1. The zero-order valence-electron chi connectivity index (χ0n) is 16.3. The van der Waals surface area contributed by atoms with Crippen molar-refractivity contribution in [2.45, 2.75) is 44.8 Å². The van der Waals surface area contributed by atoms with Crippen LogP contribution in [0.4, 0.5) is 0 Å². The normalized spacial score (nSPS) is 22.6. The molecule has 2 aliphatic heterocycles. The minimum Gasteiger partial charge on any atom is -0.507 e. The lowest BCUT2D eigenvalue weighted by atomic mass is 9.87. The van der Waals surface area contributed by atoms with Crippen LogP contribution in [0, 0.1) is 6.92 Å². The summed E-state index contributed by atoms with van der Waals surface area (Å²) in [7, 11) is 0. The second-order valence-electron chi connectivity index (χ2n) is 7.85. The maximum absolute atomic E-state index is 10.4. The molecule has 1 fully saturated rings. The number of nitrogens with zero attached hydrogens (tertiary/aromatic N) is 2. The maximum atomic E-state index is 10.4. The van der Waals surface area contributed by atoms with E-state index in [1.807, 2.05) is 18.2 Å². The number of likely N-dealkylation sites (tertiary alicyclic amines) is 1. The number of piperidine rings is 1. The Hall–Kier alpha value is -2.17. The highest BCUT2D eigenvalue weighted by Crippen LogP contribution is 2.36. The Balaban J connectivity index is 1.70. The number of benzene rings is 2. The first-order valence-electron chi connectivity index (χ1n) is 10.0. The summed E-state index contributed by atoms with van der Waals surface area (Å²) in [6, 6.07) is 16.6. The molecule has 27 heavy (non-hydrogen) atoms. The summed E-state index contributed by atoms with van der Waals surface area (Å²) in [4.78, 5) is 7.67. The average molecular weight is 364 g/mol. The number of nitrogens with one attached hydrogen (secondary N) is 1. The number of hydrogen-bond donors (Lipinski definition) is 2. The molecular weight excluding hydrogens is 334 g/mol. The highest BCUT2D eigenvalue weighted by atomic mass is 16.3. The molecule has 1 unspecified atom stereocenters. The quantitative estimate of drug-likeness (QED) is 0.865. The summed E-state index contributed by atoms with van der Waals surface area (Å²) < 4.78 is 0. The predicted molar refractivity (Wildman–Crippen MR) is 110 cm³/mol. The van der Waals surface area contributed by atoms with Crippen molar-refractivity contribution in [3.63, 3.8) is 0 Å². The summed E-state index contributed by atoms with van der Waals surface area (Å²) in [5, 5.41) is 14.3. The van der Waals surface area contributed by atoms with Gasteiger partial charge in [0.1, 0.15) is 11.4 Å². The summed E-state index contributed by atoms with van der Waals surface area (Å²) in [6.45, 7) is 7.55. The maximum Gasteiger partial charge on any atom is 0.124 e. The van der Waals surface area contributed by atoms with Crippen LogP contribution in [-0.4, -0.2) is 41.0 Å². The van der Waals surface area contributed by atoms with E-state index in [4.69, 9.17) is 4.99 Å². The Labute approximate surface area is 161 Å². The molecule has 2 N–H and O–H groups in total. The van der Waals surface area contributed by atoms with Crippen molar-refractivity contribution < 1.29 is 5.11 Å². The Bertz CT molecular complexity index is 820. The van der Waals surface area contributed by atoms with Crippen LogP contribution in [0.15, 0.2) is 53.5 Å². The standard InChI is InChI=1S/C23H29N3O/c1-3-26-14-12-23(13-15-26)24-20(18-10-8-17(2)9-11-18)16-21(25-23)19-6-4-5-7-22(19)27/h4-11,20,24,27H,3,12-16H2,1-2H3. The van der Waals surface area contributed by atoms with Gasteiger partial charge in [-0.05, 0) is 44.0 Å². The molecule has 1 atom stereocenters. The molecule has 0 aromatic heterocycles. The fourth-order valence-electron chi connectivity index (χ4n) is 4.29. The minimum atomic E-state index is -0.239. The molecule has 1 spiro atoms. The predicted octanol–water partition coefficient (Wildman–Crippen LogP) is 4.04. The van der Waals surface area contributed by atoms with Gasteiger partial charge in [-0.25, -0.2) is 0 Å². The first kappa shape index (κ1) is 18.2. The average Bonchev–Trinajstić information content (AvgIpc) is 2.69. The number of aromatic hydroxyl groups is 1. The number of para-hydroxylation sites is 1. The molecule has 4 heteroatoms. The van der Waals surface area contributed by atoms with Crippen LogP contribution in [0.25, 0.3) is 0 Å². The van der Waals surface area contributed by atoms with Gasteiger partial charge >= 0.3 is 0 Å². The lowest BCUT2D eigenvalue weighted by Gasteiger charge is -2.45. The van der Waals surface area contributed by atoms with Crippen LogP contribution in [0.5, 0.6) is 5.75 Å². The van der Waals surface area contributed by atoms with E-state index in [1.165, 1.54) is 11.1 Å². The molecule has 0 saturated carbocycles. The highest BCUT2D eigenvalue weighted by molar-refractivity contribution is 6.03. The molecule has 142 valence electrons. The lowest BCUT2D eigenvalue weighted by Crippen LogP contribution is -2.56. The lowest BCUT2D eigenvalue weighted by molar-refractivity contribution is 0.129. The molecule has 2 aromatic carbocycles. The Morgan fingerprint density at radius 1 is 1.11 bits per heavy atom. The number of hydrogen-bond acceptors (Lipinski definition) is 4. The van der Waals surface area contributed by atoms with Crippen molar-refractivity contribution in [1.82, 2.24) is 10.2 Å². The summed E-state index contributed by atoms with van der Waals surface area (Å²) >= 11 is 0. The molecule has 2 aliphatic rings. The van der Waals surface area contributed by atoms with Crippen molar-refractivity contribution in [3.05, 3.63) is 65.2 Å². The van der Waals surface area contributed by atoms with Gasteiger partial charge in [-0.15, -0.1) is 0 Å². The van der Waals surface area contributed by atoms with Crippen molar-refractivity contribution >= 4 is 5.71 Å². The van der Waals surface area contributed by atoms with Crippen molar-refractivity contribution in [1.29, 1.82) is 0 Å². The number of phenolic OH excluding ortho intramolecular Hbond substituents is 1. The molecule has 0 aliphatic carbocycles. The van der Waals surface area contributed by atoms with E-state index >= 15 is 0 Å². The Morgan fingerprint density at radius 3 is 2.48 bits per heavy atom. The third kappa shape index (κ3) is 3.78. The van der Waals surface area contributed by atoms with Gasteiger partial charge in [0, 0.05) is 36.8 Å². The van der Waals surface area contributed by atoms with Crippen LogP contribution in [-0.2, 0) is 0 Å². The zero-order valence-corrected chi connectivity index (χ0v) is 16.3. The molecule has 0 amide bonds. The van der Waals surface area contributed by atoms with Crippen LogP contribution < -0.4 is 5.32 Å².